The van der Waals surface area contributed by atoms with E-state index in [2.05, 4.69) is 14.9 Å². The fraction of sp³-hybridized carbons (Fsp3) is 0.500. The Kier molecular flexibility index (Phi) is 5.83. The molecular weight excluding hydrogens is 430 g/mol. The molecular formula is C22H27N5O4S. The number of rotatable bonds is 4. The Morgan fingerprint density at radius 1 is 0.938 bits per heavy atom. The van der Waals surface area contributed by atoms with E-state index in [-0.39, 0.29) is 10.8 Å². The van der Waals surface area contributed by atoms with Crippen molar-refractivity contribution >= 4 is 21.9 Å². The van der Waals surface area contributed by atoms with Crippen LogP contribution in [0.25, 0.3) is 0 Å². The van der Waals surface area contributed by atoms with E-state index in [0.29, 0.717) is 50.9 Å². The van der Waals surface area contributed by atoms with Crippen LogP contribution in [0.2, 0.25) is 0 Å². The SMILES string of the molecule is O=C(c1ccc(S(=O)(=O)N2CCCCC2)cc1)N1Cc2cnc(N3CCOCC3)nc2C1. The molecule has 10 heteroatoms. The quantitative estimate of drug-likeness (QED) is 0.689. The molecule has 1 aromatic carbocycles. The van der Waals surface area contributed by atoms with Gasteiger partial charge in [0.2, 0.25) is 16.0 Å². The van der Waals surface area contributed by atoms with Gasteiger partial charge in [0.05, 0.1) is 30.3 Å². The number of ether oxygens (including phenoxy) is 1. The minimum absolute atomic E-state index is 0.141. The van der Waals surface area contributed by atoms with E-state index in [9.17, 15) is 13.2 Å². The molecule has 0 atom stereocenters. The van der Waals surface area contributed by atoms with Gasteiger partial charge < -0.3 is 14.5 Å². The highest BCUT2D eigenvalue weighted by Crippen LogP contribution is 2.26. The second-order valence-electron chi connectivity index (χ2n) is 8.39. The molecule has 0 N–H and O–H groups in total. The third-order valence-electron chi connectivity index (χ3n) is 6.28. The fourth-order valence-corrected chi connectivity index (χ4v) is 5.93. The summed E-state index contributed by atoms with van der Waals surface area (Å²) in [5, 5.41) is 0. The number of carbonyl (C=O) groups excluding carboxylic acids is 1. The highest BCUT2D eigenvalue weighted by molar-refractivity contribution is 7.89. The molecule has 2 aromatic rings. The van der Waals surface area contributed by atoms with Gasteiger partial charge in [-0.1, -0.05) is 6.42 Å². The van der Waals surface area contributed by atoms with Gasteiger partial charge in [-0.25, -0.2) is 18.4 Å². The minimum Gasteiger partial charge on any atom is -0.378 e. The molecule has 9 nitrogen and oxygen atoms in total. The highest BCUT2D eigenvalue weighted by Gasteiger charge is 2.29. The molecule has 0 bridgehead atoms. The molecule has 1 aromatic heterocycles. The van der Waals surface area contributed by atoms with Crippen LogP contribution in [-0.4, -0.2) is 72.9 Å². The number of morpholine rings is 1. The number of carbonyl (C=O) groups is 1. The zero-order valence-electron chi connectivity index (χ0n) is 17.9. The van der Waals surface area contributed by atoms with Crippen molar-refractivity contribution in [1.29, 1.82) is 0 Å². The first kappa shape index (κ1) is 21.3. The number of hydrogen-bond acceptors (Lipinski definition) is 7. The molecule has 3 aliphatic heterocycles. The van der Waals surface area contributed by atoms with E-state index in [1.165, 1.54) is 16.4 Å². The standard InChI is InChI=1S/C22H27N5O4S/c28-21(17-4-6-19(7-5-17)32(29,30)27-8-2-1-3-9-27)26-15-18-14-23-22(24-20(18)16-26)25-10-12-31-13-11-25/h4-7,14H,1-3,8-13,15-16H2. The van der Waals surface area contributed by atoms with Crippen LogP contribution in [0.4, 0.5) is 5.95 Å². The maximum atomic E-state index is 13.1. The summed E-state index contributed by atoms with van der Waals surface area (Å²) in [4.78, 5) is 26.3. The Labute approximate surface area is 188 Å². The number of amides is 1. The van der Waals surface area contributed by atoms with Crippen LogP contribution < -0.4 is 4.90 Å². The number of hydrogen-bond donors (Lipinski definition) is 0. The first-order valence-electron chi connectivity index (χ1n) is 11.1. The predicted octanol–water partition coefficient (Wildman–Crippen LogP) is 1.64. The zero-order valence-corrected chi connectivity index (χ0v) is 18.8. The van der Waals surface area contributed by atoms with Crippen LogP contribution in [0, 0.1) is 0 Å². The second-order valence-corrected chi connectivity index (χ2v) is 10.3. The number of aromatic nitrogens is 2. The molecule has 0 spiro atoms. The van der Waals surface area contributed by atoms with Gasteiger partial charge in [0.15, 0.2) is 0 Å². The van der Waals surface area contributed by atoms with Gasteiger partial charge in [0.1, 0.15) is 0 Å². The number of piperidine rings is 1. The van der Waals surface area contributed by atoms with E-state index in [1.54, 1.807) is 23.2 Å². The van der Waals surface area contributed by atoms with Crippen molar-refractivity contribution < 1.29 is 17.9 Å². The van der Waals surface area contributed by atoms with Gasteiger partial charge >= 0.3 is 0 Å². The Bertz CT molecular complexity index is 1090. The molecule has 170 valence electrons. The van der Waals surface area contributed by atoms with Crippen molar-refractivity contribution in [2.45, 2.75) is 37.2 Å². The number of fused-ring (bicyclic) bond motifs is 1. The zero-order chi connectivity index (χ0) is 22.1. The smallest absolute Gasteiger partial charge is 0.254 e. The van der Waals surface area contributed by atoms with E-state index < -0.39 is 10.0 Å². The maximum Gasteiger partial charge on any atom is 0.254 e. The largest absolute Gasteiger partial charge is 0.378 e. The van der Waals surface area contributed by atoms with E-state index in [4.69, 9.17) is 4.74 Å². The molecule has 1 amide bonds. The van der Waals surface area contributed by atoms with E-state index in [1.807, 2.05) is 0 Å². The van der Waals surface area contributed by atoms with Gasteiger partial charge in [-0.3, -0.25) is 4.79 Å². The van der Waals surface area contributed by atoms with Gasteiger partial charge in [0.25, 0.3) is 5.91 Å². The summed E-state index contributed by atoms with van der Waals surface area (Å²) in [6.45, 7) is 4.82. The molecule has 0 aliphatic carbocycles. The van der Waals surface area contributed by atoms with Crippen LogP contribution in [0.3, 0.4) is 0 Å². The van der Waals surface area contributed by atoms with Gasteiger partial charge in [-0.05, 0) is 37.1 Å². The molecule has 4 heterocycles. The topological polar surface area (TPSA) is 95.9 Å². The summed E-state index contributed by atoms with van der Waals surface area (Å²) in [5.74, 6) is 0.534. The Morgan fingerprint density at radius 2 is 1.66 bits per heavy atom. The monoisotopic (exact) mass is 457 g/mol. The molecule has 0 saturated carbocycles. The summed E-state index contributed by atoms with van der Waals surface area (Å²) in [6.07, 6.45) is 4.65. The summed E-state index contributed by atoms with van der Waals surface area (Å²) < 4.78 is 32.6. The molecule has 2 fully saturated rings. The summed E-state index contributed by atoms with van der Waals surface area (Å²) in [5.41, 5.74) is 2.27. The summed E-state index contributed by atoms with van der Waals surface area (Å²) >= 11 is 0. The lowest BCUT2D eigenvalue weighted by Crippen LogP contribution is -2.37. The molecule has 3 aliphatic rings. The van der Waals surface area contributed by atoms with Crippen molar-refractivity contribution in [3.8, 4) is 0 Å². The van der Waals surface area contributed by atoms with Crippen LogP contribution in [0.15, 0.2) is 35.4 Å². The lowest BCUT2D eigenvalue weighted by atomic mass is 10.2. The molecule has 5 rings (SSSR count). The minimum atomic E-state index is -3.51. The summed E-state index contributed by atoms with van der Waals surface area (Å²) in [6, 6.07) is 6.29. The lowest BCUT2D eigenvalue weighted by Gasteiger charge is -2.26. The average molecular weight is 458 g/mol. The van der Waals surface area contributed by atoms with Crippen LogP contribution in [0.1, 0.15) is 40.9 Å². The first-order valence-corrected chi connectivity index (χ1v) is 12.5. The predicted molar refractivity (Wildman–Crippen MR) is 118 cm³/mol. The number of nitrogens with zero attached hydrogens (tertiary/aromatic N) is 5. The molecule has 2 saturated heterocycles. The molecule has 0 radical (unpaired) electrons. The second kappa shape index (κ2) is 8.76. The lowest BCUT2D eigenvalue weighted by molar-refractivity contribution is 0.0750. The third kappa shape index (κ3) is 4.10. The number of sulfonamides is 1. The van der Waals surface area contributed by atoms with E-state index in [0.717, 1.165) is 43.6 Å². The van der Waals surface area contributed by atoms with Crippen molar-refractivity contribution in [2.24, 2.45) is 0 Å². The van der Waals surface area contributed by atoms with Crippen molar-refractivity contribution in [3.63, 3.8) is 0 Å². The van der Waals surface area contributed by atoms with Crippen LogP contribution >= 0.6 is 0 Å². The number of benzene rings is 1. The van der Waals surface area contributed by atoms with Gasteiger partial charge in [0, 0.05) is 50.0 Å². The molecule has 0 unspecified atom stereocenters. The Hall–Kier alpha value is -2.56. The highest BCUT2D eigenvalue weighted by atomic mass is 32.2. The molecule has 32 heavy (non-hydrogen) atoms. The van der Waals surface area contributed by atoms with Crippen LogP contribution in [-0.2, 0) is 27.8 Å². The van der Waals surface area contributed by atoms with Crippen molar-refractivity contribution in [1.82, 2.24) is 19.2 Å². The van der Waals surface area contributed by atoms with Gasteiger partial charge in [-0.15, -0.1) is 0 Å². The maximum absolute atomic E-state index is 13.1. The number of anilines is 1. The Morgan fingerprint density at radius 3 is 2.38 bits per heavy atom. The first-order chi connectivity index (χ1) is 15.5. The fourth-order valence-electron chi connectivity index (χ4n) is 4.41. The average Bonchev–Trinajstić information content (AvgIpc) is 3.28. The third-order valence-corrected chi connectivity index (χ3v) is 8.19. The Balaban J connectivity index is 1.28. The van der Waals surface area contributed by atoms with Gasteiger partial charge in [-0.2, -0.15) is 4.31 Å². The summed E-state index contributed by atoms with van der Waals surface area (Å²) in [7, 11) is -3.51. The van der Waals surface area contributed by atoms with Crippen LogP contribution in [0.5, 0.6) is 0 Å². The van der Waals surface area contributed by atoms with E-state index >= 15 is 0 Å². The normalized spacial score (nSPS) is 19.8. The van der Waals surface area contributed by atoms with Crippen molar-refractivity contribution in [3.05, 3.63) is 47.3 Å². The van der Waals surface area contributed by atoms with Crippen molar-refractivity contribution in [2.75, 3.05) is 44.3 Å².